The first-order chi connectivity index (χ1) is 12.0. The lowest BCUT2D eigenvalue weighted by Gasteiger charge is -2.30. The highest BCUT2D eigenvalue weighted by Gasteiger charge is 2.29. The van der Waals surface area contributed by atoms with Crippen LogP contribution in [0.4, 0.5) is 5.69 Å². The lowest BCUT2D eigenvalue weighted by atomic mass is 10.1. The molecule has 5 heteroatoms. The average Bonchev–Trinajstić information content (AvgIpc) is 2.65. The summed E-state index contributed by atoms with van der Waals surface area (Å²) in [6, 6.07) is 12.9. The van der Waals surface area contributed by atoms with Gasteiger partial charge in [-0.1, -0.05) is 50.2 Å². The Morgan fingerprint density at radius 3 is 2.32 bits per heavy atom. The number of methoxy groups -OCH3 is 1. The van der Waals surface area contributed by atoms with E-state index in [9.17, 15) is 9.59 Å². The molecule has 134 valence electrons. The summed E-state index contributed by atoms with van der Waals surface area (Å²) in [5, 5.41) is 1.96. The molecule has 0 fully saturated rings. The number of carbonyl (C=O) groups excluding carboxylic acids is 2. The van der Waals surface area contributed by atoms with Gasteiger partial charge in [0.05, 0.1) is 19.3 Å². The maximum absolute atomic E-state index is 13.1. The Morgan fingerprint density at radius 2 is 1.68 bits per heavy atom. The fourth-order valence-electron chi connectivity index (χ4n) is 2.97. The van der Waals surface area contributed by atoms with Gasteiger partial charge in [-0.25, -0.2) is 4.79 Å². The monoisotopic (exact) mass is 342 g/mol. The van der Waals surface area contributed by atoms with E-state index >= 15 is 0 Å². The number of amides is 1. The molecule has 0 bridgehead atoms. The number of carbonyl (C=O) groups is 2. The van der Waals surface area contributed by atoms with Gasteiger partial charge in [0.2, 0.25) is 5.91 Å². The second kappa shape index (κ2) is 8.62. The van der Waals surface area contributed by atoms with Crippen LogP contribution in [0.5, 0.6) is 0 Å². The predicted octanol–water partition coefficient (Wildman–Crippen LogP) is 3.08. The predicted molar refractivity (Wildman–Crippen MR) is 101 cm³/mol. The van der Waals surface area contributed by atoms with Gasteiger partial charge in [0, 0.05) is 5.39 Å². The number of likely N-dealkylation sites (N-methyl/N-ethyl adjacent to an activating group) is 1. The smallest absolute Gasteiger partial charge is 0.328 e. The van der Waals surface area contributed by atoms with Crippen molar-refractivity contribution in [3.63, 3.8) is 0 Å². The van der Waals surface area contributed by atoms with Crippen LogP contribution in [0.1, 0.15) is 20.8 Å². The van der Waals surface area contributed by atoms with Crippen LogP contribution in [0.3, 0.4) is 0 Å². The molecule has 0 spiro atoms. The third kappa shape index (κ3) is 4.17. The van der Waals surface area contributed by atoms with E-state index in [4.69, 9.17) is 4.74 Å². The normalized spacial score (nSPS) is 12.2. The van der Waals surface area contributed by atoms with Crippen LogP contribution in [0, 0.1) is 0 Å². The van der Waals surface area contributed by atoms with Crippen LogP contribution in [0.2, 0.25) is 0 Å². The zero-order valence-electron chi connectivity index (χ0n) is 15.4. The first-order valence-corrected chi connectivity index (χ1v) is 8.63. The molecule has 0 aromatic heterocycles. The molecule has 5 nitrogen and oxygen atoms in total. The van der Waals surface area contributed by atoms with Crippen LogP contribution < -0.4 is 4.90 Å². The Hall–Kier alpha value is -2.40. The maximum atomic E-state index is 13.1. The number of ether oxygens (including phenoxy) is 1. The molecule has 0 aliphatic carbocycles. The van der Waals surface area contributed by atoms with Crippen LogP contribution >= 0.6 is 0 Å². The third-order valence-electron chi connectivity index (χ3n) is 4.48. The van der Waals surface area contributed by atoms with Crippen molar-refractivity contribution in [1.29, 1.82) is 0 Å². The summed E-state index contributed by atoms with van der Waals surface area (Å²) in [5.41, 5.74) is 0.730. The minimum atomic E-state index is -0.695. The van der Waals surface area contributed by atoms with Crippen molar-refractivity contribution in [1.82, 2.24) is 4.90 Å². The minimum Gasteiger partial charge on any atom is -0.467 e. The molecule has 0 radical (unpaired) electrons. The van der Waals surface area contributed by atoms with Crippen LogP contribution in [0.25, 0.3) is 10.8 Å². The first-order valence-electron chi connectivity index (χ1n) is 8.63. The van der Waals surface area contributed by atoms with E-state index in [2.05, 4.69) is 0 Å². The van der Waals surface area contributed by atoms with Gasteiger partial charge in [0.25, 0.3) is 0 Å². The van der Waals surface area contributed by atoms with Crippen molar-refractivity contribution in [3.05, 3.63) is 42.5 Å². The standard InChI is InChI=1S/C20H26N2O3/c1-5-21(6-2)14-19(23)22(15(3)20(24)25-4)18-13-9-11-16-10-7-8-12-17(16)18/h7-13,15H,5-6,14H2,1-4H3/t15-/m0/s1. The number of rotatable bonds is 7. The Bertz CT molecular complexity index is 735. The van der Waals surface area contributed by atoms with Crippen molar-refractivity contribution in [3.8, 4) is 0 Å². The summed E-state index contributed by atoms with van der Waals surface area (Å²) >= 11 is 0. The van der Waals surface area contributed by atoms with E-state index < -0.39 is 12.0 Å². The van der Waals surface area contributed by atoms with Gasteiger partial charge < -0.3 is 4.74 Å². The molecule has 0 unspecified atom stereocenters. The molecule has 2 aromatic carbocycles. The summed E-state index contributed by atoms with van der Waals surface area (Å²) in [6.07, 6.45) is 0. The Labute approximate surface area is 149 Å². The number of hydrogen-bond acceptors (Lipinski definition) is 4. The molecule has 0 heterocycles. The van der Waals surface area contributed by atoms with E-state index in [0.29, 0.717) is 0 Å². The summed E-state index contributed by atoms with van der Waals surface area (Å²) < 4.78 is 4.89. The molecule has 2 aromatic rings. The summed E-state index contributed by atoms with van der Waals surface area (Å²) in [4.78, 5) is 28.8. The fourth-order valence-corrected chi connectivity index (χ4v) is 2.97. The average molecular weight is 342 g/mol. The Kier molecular flexibility index (Phi) is 6.53. The first kappa shape index (κ1) is 18.9. The van der Waals surface area contributed by atoms with Gasteiger partial charge in [-0.05, 0) is 31.5 Å². The molecule has 25 heavy (non-hydrogen) atoms. The Morgan fingerprint density at radius 1 is 1.04 bits per heavy atom. The number of hydrogen-bond donors (Lipinski definition) is 0. The summed E-state index contributed by atoms with van der Waals surface area (Å²) in [6.45, 7) is 7.55. The summed E-state index contributed by atoms with van der Waals surface area (Å²) in [5.74, 6) is -0.543. The molecule has 0 N–H and O–H groups in total. The zero-order valence-corrected chi connectivity index (χ0v) is 15.4. The second-order valence-corrected chi connectivity index (χ2v) is 5.92. The number of benzene rings is 2. The lowest BCUT2D eigenvalue weighted by Crippen LogP contribution is -2.48. The molecule has 1 amide bonds. The highest BCUT2D eigenvalue weighted by Crippen LogP contribution is 2.28. The second-order valence-electron chi connectivity index (χ2n) is 5.92. The van der Waals surface area contributed by atoms with Crippen LogP contribution in [-0.4, -0.2) is 49.6 Å². The van der Waals surface area contributed by atoms with E-state index in [0.717, 1.165) is 29.5 Å². The van der Waals surface area contributed by atoms with Crippen molar-refractivity contribution < 1.29 is 14.3 Å². The SMILES string of the molecule is CCN(CC)CC(=O)N(c1cccc2ccccc12)[C@@H](C)C(=O)OC. The molecular formula is C20H26N2O3. The number of nitrogens with zero attached hydrogens (tertiary/aromatic N) is 2. The topological polar surface area (TPSA) is 49.9 Å². The van der Waals surface area contributed by atoms with Gasteiger partial charge in [0.15, 0.2) is 0 Å². The van der Waals surface area contributed by atoms with E-state index in [1.165, 1.54) is 7.11 Å². The molecule has 0 aliphatic rings. The highest BCUT2D eigenvalue weighted by molar-refractivity contribution is 6.07. The molecule has 2 rings (SSSR count). The maximum Gasteiger partial charge on any atom is 0.328 e. The molecule has 0 saturated heterocycles. The van der Waals surface area contributed by atoms with E-state index in [1.54, 1.807) is 11.8 Å². The van der Waals surface area contributed by atoms with Gasteiger partial charge in [0.1, 0.15) is 6.04 Å². The van der Waals surface area contributed by atoms with Crippen molar-refractivity contribution >= 4 is 28.3 Å². The van der Waals surface area contributed by atoms with Crippen molar-refractivity contribution in [2.75, 3.05) is 31.6 Å². The largest absolute Gasteiger partial charge is 0.467 e. The Balaban J connectivity index is 2.50. The number of fused-ring (bicyclic) bond motifs is 1. The number of esters is 1. The third-order valence-corrected chi connectivity index (χ3v) is 4.48. The van der Waals surface area contributed by atoms with Gasteiger partial charge in [-0.15, -0.1) is 0 Å². The van der Waals surface area contributed by atoms with Crippen LogP contribution in [0.15, 0.2) is 42.5 Å². The highest BCUT2D eigenvalue weighted by atomic mass is 16.5. The van der Waals surface area contributed by atoms with E-state index in [1.807, 2.05) is 61.2 Å². The fraction of sp³-hybridized carbons (Fsp3) is 0.400. The van der Waals surface area contributed by atoms with Crippen LogP contribution in [-0.2, 0) is 14.3 Å². The van der Waals surface area contributed by atoms with E-state index in [-0.39, 0.29) is 12.5 Å². The van der Waals surface area contributed by atoms with Gasteiger partial charge in [-0.2, -0.15) is 0 Å². The van der Waals surface area contributed by atoms with Gasteiger partial charge >= 0.3 is 5.97 Å². The summed E-state index contributed by atoms with van der Waals surface area (Å²) in [7, 11) is 1.34. The van der Waals surface area contributed by atoms with Crippen molar-refractivity contribution in [2.45, 2.75) is 26.8 Å². The minimum absolute atomic E-state index is 0.113. The quantitative estimate of drug-likeness (QED) is 0.726. The molecule has 1 atom stereocenters. The lowest BCUT2D eigenvalue weighted by molar-refractivity contribution is -0.143. The molecule has 0 saturated carbocycles. The number of anilines is 1. The van der Waals surface area contributed by atoms with Gasteiger partial charge in [-0.3, -0.25) is 14.6 Å². The molecular weight excluding hydrogens is 316 g/mol. The molecule has 0 aliphatic heterocycles. The van der Waals surface area contributed by atoms with Crippen molar-refractivity contribution in [2.24, 2.45) is 0 Å². The zero-order chi connectivity index (χ0) is 18.4.